The van der Waals surface area contributed by atoms with Crippen LogP contribution in [-0.4, -0.2) is 19.2 Å². The van der Waals surface area contributed by atoms with Gasteiger partial charge in [-0.1, -0.05) is 6.07 Å². The maximum Gasteiger partial charge on any atom is 0.123 e. The number of halogens is 1. The summed E-state index contributed by atoms with van der Waals surface area (Å²) in [5.41, 5.74) is 2.56. The lowest BCUT2D eigenvalue weighted by Gasteiger charge is -2.21. The molecule has 0 fully saturated rings. The van der Waals surface area contributed by atoms with Crippen molar-refractivity contribution in [3.8, 4) is 5.75 Å². The molecule has 0 radical (unpaired) electrons. The van der Waals surface area contributed by atoms with Crippen molar-refractivity contribution in [2.45, 2.75) is 13.0 Å². The van der Waals surface area contributed by atoms with E-state index in [1.165, 1.54) is 12.1 Å². The van der Waals surface area contributed by atoms with Crippen molar-refractivity contribution in [1.29, 1.82) is 0 Å². The average Bonchev–Trinajstić information content (AvgIpc) is 2.46. The van der Waals surface area contributed by atoms with Crippen LogP contribution >= 0.6 is 0 Å². The van der Waals surface area contributed by atoms with Gasteiger partial charge in [-0.15, -0.1) is 0 Å². The van der Waals surface area contributed by atoms with Gasteiger partial charge in [-0.2, -0.15) is 0 Å². The summed E-state index contributed by atoms with van der Waals surface area (Å²) in [6.45, 7) is 1.98. The Morgan fingerprint density at radius 3 is 2.25 bits per heavy atom. The summed E-state index contributed by atoms with van der Waals surface area (Å²) < 4.78 is 12.9. The first-order chi connectivity index (χ1) is 9.52. The minimum atomic E-state index is -0.261. The number of phenolic OH excluding ortho intramolecular Hbond substituents is 1. The monoisotopic (exact) mass is 274 g/mol. The third-order valence-electron chi connectivity index (χ3n) is 3.51. The highest BCUT2D eigenvalue weighted by Crippen LogP contribution is 2.31. The van der Waals surface area contributed by atoms with Gasteiger partial charge in [-0.05, 0) is 44.3 Å². The van der Waals surface area contributed by atoms with Crippen molar-refractivity contribution in [3.63, 3.8) is 0 Å². The Bertz CT molecular complexity index is 584. The number of aromatic hydroxyl groups is 1. The summed E-state index contributed by atoms with van der Waals surface area (Å²) in [5, 5.41) is 13.2. The first-order valence-corrected chi connectivity index (χ1v) is 6.52. The molecular weight excluding hydrogens is 255 g/mol. The molecule has 2 aromatic rings. The largest absolute Gasteiger partial charge is 0.508 e. The molecule has 0 aromatic heterocycles. The summed E-state index contributed by atoms with van der Waals surface area (Å²) in [7, 11) is 3.73. The molecule has 0 heterocycles. The summed E-state index contributed by atoms with van der Waals surface area (Å²) in [6, 6.07) is 11.9. The minimum Gasteiger partial charge on any atom is -0.508 e. The lowest BCUT2D eigenvalue weighted by molar-refractivity contribution is 0.458. The zero-order valence-corrected chi connectivity index (χ0v) is 11.9. The third kappa shape index (κ3) is 2.91. The van der Waals surface area contributed by atoms with Gasteiger partial charge in [0.1, 0.15) is 11.6 Å². The highest BCUT2D eigenvalue weighted by molar-refractivity contribution is 5.64. The van der Waals surface area contributed by atoms with E-state index < -0.39 is 0 Å². The molecule has 0 aliphatic carbocycles. The van der Waals surface area contributed by atoms with Crippen LogP contribution in [0.3, 0.4) is 0 Å². The number of hydrogen-bond donors (Lipinski definition) is 2. The fraction of sp³-hybridized carbons (Fsp3) is 0.250. The Hall–Kier alpha value is -2.07. The Labute approximate surface area is 118 Å². The van der Waals surface area contributed by atoms with E-state index in [1.807, 2.05) is 38.1 Å². The summed E-state index contributed by atoms with van der Waals surface area (Å²) in [5.74, 6) is -0.0125. The zero-order valence-electron chi connectivity index (χ0n) is 11.9. The van der Waals surface area contributed by atoms with Gasteiger partial charge < -0.3 is 15.3 Å². The van der Waals surface area contributed by atoms with Crippen molar-refractivity contribution >= 4 is 11.4 Å². The topological polar surface area (TPSA) is 35.5 Å². The number of nitrogens with one attached hydrogen (secondary N) is 1. The van der Waals surface area contributed by atoms with Crippen LogP contribution in [0.1, 0.15) is 18.5 Å². The van der Waals surface area contributed by atoms with Crippen molar-refractivity contribution in [2.75, 3.05) is 19.0 Å². The number of benzene rings is 2. The molecule has 0 aliphatic rings. The number of rotatable bonds is 4. The van der Waals surface area contributed by atoms with E-state index in [1.54, 1.807) is 18.2 Å². The lowest BCUT2D eigenvalue weighted by atomic mass is 10.1. The third-order valence-corrected chi connectivity index (χ3v) is 3.51. The van der Waals surface area contributed by atoms with E-state index in [4.69, 9.17) is 0 Å². The number of phenols is 1. The van der Waals surface area contributed by atoms with Gasteiger partial charge in [0, 0.05) is 36.1 Å². The molecule has 1 atom stereocenters. The summed E-state index contributed by atoms with van der Waals surface area (Å²) in [4.78, 5) is 1.90. The molecule has 20 heavy (non-hydrogen) atoms. The molecule has 3 nitrogen and oxygen atoms in total. The highest BCUT2D eigenvalue weighted by atomic mass is 19.1. The normalized spacial score (nSPS) is 12.2. The van der Waals surface area contributed by atoms with Crippen LogP contribution in [0.25, 0.3) is 0 Å². The number of hydrogen-bond acceptors (Lipinski definition) is 3. The molecule has 0 saturated heterocycles. The van der Waals surface area contributed by atoms with Gasteiger partial charge in [0.25, 0.3) is 0 Å². The van der Waals surface area contributed by atoms with Crippen LogP contribution in [-0.2, 0) is 0 Å². The molecule has 0 amide bonds. The molecular formula is C16H19FN2O. The Morgan fingerprint density at radius 1 is 1.10 bits per heavy atom. The van der Waals surface area contributed by atoms with Crippen LogP contribution in [0, 0.1) is 5.82 Å². The Balaban J connectivity index is 2.29. The van der Waals surface area contributed by atoms with Gasteiger partial charge in [0.2, 0.25) is 0 Å². The summed E-state index contributed by atoms with van der Waals surface area (Å²) >= 11 is 0. The summed E-state index contributed by atoms with van der Waals surface area (Å²) in [6.07, 6.45) is 0. The van der Waals surface area contributed by atoms with E-state index in [2.05, 4.69) is 5.32 Å². The fourth-order valence-electron chi connectivity index (χ4n) is 2.08. The maximum absolute atomic E-state index is 12.9. The van der Waals surface area contributed by atoms with E-state index >= 15 is 0 Å². The molecule has 106 valence electrons. The molecule has 4 heteroatoms. The van der Waals surface area contributed by atoms with Crippen LogP contribution in [0.2, 0.25) is 0 Å². The second-order valence-electron chi connectivity index (χ2n) is 4.79. The van der Waals surface area contributed by atoms with Crippen molar-refractivity contribution < 1.29 is 9.50 Å². The minimum absolute atomic E-state index is 0.0835. The number of nitrogens with zero attached hydrogens (tertiary/aromatic N) is 1. The van der Waals surface area contributed by atoms with E-state index in [-0.39, 0.29) is 17.6 Å². The SMILES string of the molecule is CNC(C)c1ccc(N(C)c2ccc(F)cc2)cc1O. The lowest BCUT2D eigenvalue weighted by Crippen LogP contribution is -2.13. The van der Waals surface area contributed by atoms with Crippen LogP contribution < -0.4 is 10.2 Å². The molecule has 0 bridgehead atoms. The van der Waals surface area contributed by atoms with Crippen molar-refractivity contribution in [1.82, 2.24) is 5.32 Å². The van der Waals surface area contributed by atoms with Gasteiger partial charge >= 0.3 is 0 Å². The Kier molecular flexibility index (Phi) is 4.25. The van der Waals surface area contributed by atoms with Gasteiger partial charge in [0.15, 0.2) is 0 Å². The van der Waals surface area contributed by atoms with E-state index in [9.17, 15) is 9.50 Å². The van der Waals surface area contributed by atoms with E-state index in [0.29, 0.717) is 0 Å². The van der Waals surface area contributed by atoms with Crippen LogP contribution in [0.5, 0.6) is 5.75 Å². The Morgan fingerprint density at radius 2 is 1.70 bits per heavy atom. The smallest absolute Gasteiger partial charge is 0.123 e. The molecule has 2 N–H and O–H groups in total. The second kappa shape index (κ2) is 5.92. The average molecular weight is 274 g/mol. The predicted molar refractivity (Wildman–Crippen MR) is 80.0 cm³/mol. The maximum atomic E-state index is 12.9. The highest BCUT2D eigenvalue weighted by Gasteiger charge is 2.11. The van der Waals surface area contributed by atoms with E-state index in [0.717, 1.165) is 16.9 Å². The molecule has 0 spiro atoms. The van der Waals surface area contributed by atoms with Crippen molar-refractivity contribution in [3.05, 3.63) is 53.8 Å². The van der Waals surface area contributed by atoms with Gasteiger partial charge in [-0.3, -0.25) is 0 Å². The molecule has 1 unspecified atom stereocenters. The molecule has 2 rings (SSSR count). The second-order valence-corrected chi connectivity index (χ2v) is 4.79. The number of anilines is 2. The van der Waals surface area contributed by atoms with Gasteiger partial charge in [0.05, 0.1) is 0 Å². The molecule has 0 aliphatic heterocycles. The van der Waals surface area contributed by atoms with Crippen LogP contribution in [0.15, 0.2) is 42.5 Å². The van der Waals surface area contributed by atoms with Crippen LogP contribution in [0.4, 0.5) is 15.8 Å². The predicted octanol–water partition coefficient (Wildman–Crippen LogP) is 3.58. The molecule has 0 saturated carbocycles. The van der Waals surface area contributed by atoms with Crippen molar-refractivity contribution in [2.24, 2.45) is 0 Å². The quantitative estimate of drug-likeness (QED) is 0.894. The first-order valence-electron chi connectivity index (χ1n) is 6.52. The standard InChI is InChI=1S/C16H19FN2O/c1-11(18-2)15-9-8-14(10-16(15)20)19(3)13-6-4-12(17)5-7-13/h4-11,18,20H,1-3H3. The zero-order chi connectivity index (χ0) is 14.7. The fourth-order valence-corrected chi connectivity index (χ4v) is 2.08. The molecule has 2 aromatic carbocycles. The van der Waals surface area contributed by atoms with Gasteiger partial charge in [-0.25, -0.2) is 4.39 Å². The first kappa shape index (κ1) is 14.3.